The minimum absolute atomic E-state index is 0.0471. The van der Waals surface area contributed by atoms with Gasteiger partial charge >= 0.3 is 0 Å². The van der Waals surface area contributed by atoms with Crippen LogP contribution in [0.15, 0.2) is 88.4 Å². The Balaban J connectivity index is 1.30. The molecule has 0 bridgehead atoms. The normalized spacial score (nSPS) is 11.7. The first-order valence-corrected chi connectivity index (χ1v) is 14.0. The molecule has 2 heterocycles. The second-order valence-corrected chi connectivity index (χ2v) is 11.2. The van der Waals surface area contributed by atoms with Crippen LogP contribution < -0.4 is 10.0 Å². The molecule has 12 heteroatoms. The van der Waals surface area contributed by atoms with Gasteiger partial charge in [0.2, 0.25) is 10.0 Å². The van der Waals surface area contributed by atoms with Gasteiger partial charge in [-0.15, -0.1) is 0 Å². The average molecular weight is 614 g/mol. The van der Waals surface area contributed by atoms with Crippen molar-refractivity contribution < 1.29 is 22.3 Å². The Morgan fingerprint density at radius 1 is 0.974 bits per heavy atom. The Hall–Kier alpha value is -3.87. The SMILES string of the molecule is O=S(=O)(NCc1ccc(CNc2cc(-c3ccccc3O)nc3c(Br)cnn23)cc1)c1cc(F)ccc1CF. The van der Waals surface area contributed by atoms with Crippen molar-refractivity contribution in [1.82, 2.24) is 19.3 Å². The number of anilines is 1. The molecular weight excluding hydrogens is 592 g/mol. The predicted octanol–water partition coefficient (Wildman–Crippen LogP) is 5.56. The Labute approximate surface area is 231 Å². The van der Waals surface area contributed by atoms with Gasteiger partial charge in [0, 0.05) is 30.3 Å². The summed E-state index contributed by atoms with van der Waals surface area (Å²) in [5.74, 6) is 0.00563. The summed E-state index contributed by atoms with van der Waals surface area (Å²) in [6, 6.07) is 18.9. The number of phenolic OH excluding ortho intramolecular Hbond substituents is 1. The number of benzene rings is 3. The third kappa shape index (κ3) is 5.77. The fraction of sp³-hybridized carbons (Fsp3) is 0.111. The largest absolute Gasteiger partial charge is 0.507 e. The van der Waals surface area contributed by atoms with Crippen molar-refractivity contribution in [2.45, 2.75) is 24.7 Å². The Bertz CT molecular complexity index is 1760. The monoisotopic (exact) mass is 613 g/mol. The lowest BCUT2D eigenvalue weighted by Crippen LogP contribution is -2.24. The molecular formula is C27H22BrF2N5O3S. The van der Waals surface area contributed by atoms with E-state index in [-0.39, 0.29) is 17.9 Å². The molecule has 5 rings (SSSR count). The lowest BCUT2D eigenvalue weighted by Gasteiger charge is -2.12. The number of fused-ring (bicyclic) bond motifs is 1. The second-order valence-electron chi connectivity index (χ2n) is 8.65. The number of halogens is 3. The summed E-state index contributed by atoms with van der Waals surface area (Å²) in [4.78, 5) is 4.21. The molecule has 0 saturated heterocycles. The maximum Gasteiger partial charge on any atom is 0.241 e. The summed E-state index contributed by atoms with van der Waals surface area (Å²) >= 11 is 3.46. The van der Waals surface area contributed by atoms with Crippen LogP contribution in [0.2, 0.25) is 0 Å². The van der Waals surface area contributed by atoms with Crippen molar-refractivity contribution >= 4 is 37.4 Å². The van der Waals surface area contributed by atoms with Crippen LogP contribution in [0, 0.1) is 5.82 Å². The third-order valence-electron chi connectivity index (χ3n) is 6.03. The van der Waals surface area contributed by atoms with E-state index < -0.39 is 27.4 Å². The highest BCUT2D eigenvalue weighted by molar-refractivity contribution is 9.10. The fourth-order valence-electron chi connectivity index (χ4n) is 4.00. The zero-order valence-corrected chi connectivity index (χ0v) is 22.7. The first kappa shape index (κ1) is 26.7. The molecule has 3 N–H and O–H groups in total. The molecule has 200 valence electrons. The number of para-hydroxylation sites is 1. The van der Waals surface area contributed by atoms with Crippen LogP contribution in [0.3, 0.4) is 0 Å². The smallest absolute Gasteiger partial charge is 0.241 e. The summed E-state index contributed by atoms with van der Waals surface area (Å²) in [6.07, 6.45) is 1.64. The quantitative estimate of drug-likeness (QED) is 0.201. The van der Waals surface area contributed by atoms with Crippen molar-refractivity contribution in [1.29, 1.82) is 0 Å². The number of sulfonamides is 1. The topological polar surface area (TPSA) is 109 Å². The van der Waals surface area contributed by atoms with Gasteiger partial charge in [-0.3, -0.25) is 0 Å². The maximum atomic E-state index is 13.6. The van der Waals surface area contributed by atoms with Crippen molar-refractivity contribution in [2.75, 3.05) is 5.32 Å². The van der Waals surface area contributed by atoms with E-state index >= 15 is 0 Å². The Morgan fingerprint density at radius 2 is 1.69 bits per heavy atom. The summed E-state index contributed by atoms with van der Waals surface area (Å²) in [5.41, 5.74) is 3.21. The summed E-state index contributed by atoms with van der Waals surface area (Å²) in [6.45, 7) is -0.647. The van der Waals surface area contributed by atoms with Gasteiger partial charge in [0.15, 0.2) is 5.65 Å². The zero-order chi connectivity index (χ0) is 27.6. The van der Waals surface area contributed by atoms with Gasteiger partial charge in [-0.1, -0.05) is 42.5 Å². The lowest BCUT2D eigenvalue weighted by atomic mass is 10.1. The number of aromatic hydroxyl groups is 1. The molecule has 39 heavy (non-hydrogen) atoms. The van der Waals surface area contributed by atoms with Crippen LogP contribution in [-0.2, 0) is 29.8 Å². The summed E-state index contributed by atoms with van der Waals surface area (Å²) in [7, 11) is -4.11. The molecule has 0 aliphatic rings. The highest BCUT2D eigenvalue weighted by atomic mass is 79.9. The molecule has 3 aromatic carbocycles. The van der Waals surface area contributed by atoms with Crippen LogP contribution >= 0.6 is 15.9 Å². The number of hydrogen-bond acceptors (Lipinski definition) is 6. The van der Waals surface area contributed by atoms with Crippen LogP contribution in [0.5, 0.6) is 5.75 Å². The molecule has 0 aliphatic carbocycles. The van der Waals surface area contributed by atoms with Crippen LogP contribution in [-0.4, -0.2) is 28.1 Å². The number of alkyl halides is 1. The van der Waals surface area contributed by atoms with Gasteiger partial charge in [-0.2, -0.15) is 9.61 Å². The molecule has 0 amide bonds. The van der Waals surface area contributed by atoms with Gasteiger partial charge in [0.1, 0.15) is 24.1 Å². The van der Waals surface area contributed by atoms with Crippen molar-refractivity contribution in [3.05, 3.63) is 106 Å². The first-order valence-electron chi connectivity index (χ1n) is 11.7. The highest BCUT2D eigenvalue weighted by Crippen LogP contribution is 2.31. The van der Waals surface area contributed by atoms with Gasteiger partial charge in [-0.25, -0.2) is 26.9 Å². The van der Waals surface area contributed by atoms with Crippen LogP contribution in [0.4, 0.5) is 14.6 Å². The molecule has 0 aliphatic heterocycles. The number of nitrogens with one attached hydrogen (secondary N) is 2. The van der Waals surface area contributed by atoms with E-state index in [0.717, 1.165) is 23.8 Å². The Morgan fingerprint density at radius 3 is 2.41 bits per heavy atom. The molecule has 0 unspecified atom stereocenters. The molecule has 0 spiro atoms. The maximum absolute atomic E-state index is 13.6. The molecule has 0 fully saturated rings. The standard InChI is InChI=1S/C27H22BrF2N5O3S/c28-22-16-32-35-26(12-23(34-27(22)35)21-3-1-2-4-24(21)36)31-14-17-5-7-18(8-6-17)15-33-39(37,38)25-11-20(30)10-9-19(25)13-29/h1-12,16,31,33,36H,13-15H2. The summed E-state index contributed by atoms with van der Waals surface area (Å²) in [5, 5.41) is 18.0. The van der Waals surface area contributed by atoms with Gasteiger partial charge < -0.3 is 10.4 Å². The van der Waals surface area contributed by atoms with E-state index in [1.54, 1.807) is 47.1 Å². The van der Waals surface area contributed by atoms with Crippen molar-refractivity contribution in [3.63, 3.8) is 0 Å². The Kier molecular flexibility index (Phi) is 7.60. The average Bonchev–Trinajstić information content (AvgIpc) is 3.32. The molecule has 0 radical (unpaired) electrons. The van der Waals surface area contributed by atoms with E-state index in [2.05, 4.69) is 36.1 Å². The fourth-order valence-corrected chi connectivity index (χ4v) is 5.60. The van der Waals surface area contributed by atoms with Crippen molar-refractivity contribution in [3.8, 4) is 17.0 Å². The van der Waals surface area contributed by atoms with E-state index in [4.69, 9.17) is 0 Å². The lowest BCUT2D eigenvalue weighted by molar-refractivity contribution is 0.475. The van der Waals surface area contributed by atoms with E-state index in [1.165, 1.54) is 0 Å². The van der Waals surface area contributed by atoms with Gasteiger partial charge in [-0.05, 0) is 51.3 Å². The molecule has 2 aromatic heterocycles. The molecule has 0 saturated carbocycles. The highest BCUT2D eigenvalue weighted by Gasteiger charge is 2.19. The number of hydrogen-bond donors (Lipinski definition) is 3. The number of aromatic nitrogens is 3. The van der Waals surface area contributed by atoms with E-state index in [0.29, 0.717) is 39.3 Å². The van der Waals surface area contributed by atoms with Crippen LogP contribution in [0.1, 0.15) is 16.7 Å². The van der Waals surface area contributed by atoms with E-state index in [1.807, 2.05) is 18.2 Å². The van der Waals surface area contributed by atoms with Crippen LogP contribution in [0.25, 0.3) is 16.9 Å². The molecule has 0 atom stereocenters. The molecule has 5 aromatic rings. The van der Waals surface area contributed by atoms with Gasteiger partial charge in [0.05, 0.1) is 21.3 Å². The van der Waals surface area contributed by atoms with E-state index in [9.17, 15) is 22.3 Å². The first-order chi connectivity index (χ1) is 18.7. The predicted molar refractivity (Wildman–Crippen MR) is 147 cm³/mol. The number of nitrogens with zero attached hydrogens (tertiary/aromatic N) is 3. The minimum Gasteiger partial charge on any atom is -0.507 e. The third-order valence-corrected chi connectivity index (χ3v) is 8.08. The summed E-state index contributed by atoms with van der Waals surface area (Å²) < 4.78 is 56.8. The molecule has 8 nitrogen and oxygen atoms in total. The zero-order valence-electron chi connectivity index (χ0n) is 20.3. The second kappa shape index (κ2) is 11.1. The van der Waals surface area contributed by atoms with Crippen molar-refractivity contribution in [2.24, 2.45) is 0 Å². The number of rotatable bonds is 9. The van der Waals surface area contributed by atoms with Gasteiger partial charge in [0.25, 0.3) is 0 Å². The number of phenols is 1. The minimum atomic E-state index is -4.11.